The fourth-order valence-corrected chi connectivity index (χ4v) is 3.68. The second-order valence-electron chi connectivity index (χ2n) is 8.60. The van der Waals surface area contributed by atoms with Crippen molar-refractivity contribution in [2.45, 2.75) is 6.42 Å². The maximum Gasteiger partial charge on any atom is 0.336 e. The predicted octanol–water partition coefficient (Wildman–Crippen LogP) is 5.16. The van der Waals surface area contributed by atoms with Crippen LogP contribution in [0, 0.1) is 10.1 Å². The van der Waals surface area contributed by atoms with Gasteiger partial charge in [-0.25, -0.2) is 10.2 Å². The largest absolute Gasteiger partial charge is 0.415 e. The van der Waals surface area contributed by atoms with Crippen molar-refractivity contribution >= 4 is 41.4 Å². The Bertz CT molecular complexity index is 1600. The van der Waals surface area contributed by atoms with Gasteiger partial charge in [0.1, 0.15) is 0 Å². The van der Waals surface area contributed by atoms with Gasteiger partial charge in [-0.05, 0) is 47.5 Å². The highest BCUT2D eigenvalue weighted by molar-refractivity contribution is 5.97. The standard InChI is InChI=1S/C31H24N4O6/c36-28(20-23-10-5-2-6-11-23)33-26-17-15-24(16-18-26)31(38)34-32-21-25-12-7-13-27(35(39)40)30(25)41-29(37)19-14-22-8-3-1-4-9-22/h1-19,21H,20H2,(H,33,36)(H,34,38)/b19-14+,32-21+. The molecule has 0 unspecified atom stereocenters. The number of hydrazone groups is 1. The number of hydrogen-bond donors (Lipinski definition) is 2. The van der Waals surface area contributed by atoms with Crippen molar-refractivity contribution in [3.8, 4) is 5.75 Å². The number of carbonyl (C=O) groups excluding carboxylic acids is 3. The molecule has 4 aromatic rings. The molecule has 0 bridgehead atoms. The number of nitro groups is 1. The average Bonchev–Trinajstić information content (AvgIpc) is 2.98. The van der Waals surface area contributed by atoms with E-state index in [9.17, 15) is 24.5 Å². The Balaban J connectivity index is 1.39. The third-order valence-electron chi connectivity index (χ3n) is 5.64. The number of ether oxygens (including phenoxy) is 1. The third-order valence-corrected chi connectivity index (χ3v) is 5.64. The highest BCUT2D eigenvalue weighted by Gasteiger charge is 2.20. The Morgan fingerprint density at radius 1 is 0.854 bits per heavy atom. The molecule has 0 atom stereocenters. The zero-order valence-electron chi connectivity index (χ0n) is 21.6. The molecule has 0 spiro atoms. The molecule has 0 aliphatic rings. The van der Waals surface area contributed by atoms with Gasteiger partial charge in [0, 0.05) is 29.0 Å². The molecule has 2 amide bonds. The Morgan fingerprint density at radius 3 is 2.22 bits per heavy atom. The van der Waals surface area contributed by atoms with E-state index >= 15 is 0 Å². The first kappa shape index (κ1) is 28.1. The number of anilines is 1. The number of carbonyl (C=O) groups is 3. The number of para-hydroxylation sites is 1. The summed E-state index contributed by atoms with van der Waals surface area (Å²) in [6.45, 7) is 0. The van der Waals surface area contributed by atoms with Crippen LogP contribution in [0.4, 0.5) is 11.4 Å². The minimum atomic E-state index is -0.821. The number of nitrogens with one attached hydrogen (secondary N) is 2. The molecule has 41 heavy (non-hydrogen) atoms. The Labute approximate surface area is 235 Å². The zero-order chi connectivity index (χ0) is 29.0. The molecule has 10 heteroatoms. The fraction of sp³-hybridized carbons (Fsp3) is 0.0323. The van der Waals surface area contributed by atoms with E-state index in [1.807, 2.05) is 36.4 Å². The first-order valence-electron chi connectivity index (χ1n) is 12.4. The lowest BCUT2D eigenvalue weighted by molar-refractivity contribution is -0.385. The van der Waals surface area contributed by atoms with Crippen LogP contribution in [0.2, 0.25) is 0 Å². The molecule has 0 fully saturated rings. The Morgan fingerprint density at radius 2 is 1.54 bits per heavy atom. The molecular weight excluding hydrogens is 524 g/mol. The first-order valence-corrected chi connectivity index (χ1v) is 12.4. The summed E-state index contributed by atoms with van der Waals surface area (Å²) in [6, 6.07) is 28.6. The van der Waals surface area contributed by atoms with E-state index in [2.05, 4.69) is 15.8 Å². The van der Waals surface area contributed by atoms with Gasteiger partial charge in [-0.3, -0.25) is 19.7 Å². The van der Waals surface area contributed by atoms with Crippen LogP contribution in [-0.4, -0.2) is 28.9 Å². The smallest absolute Gasteiger partial charge is 0.336 e. The fourth-order valence-electron chi connectivity index (χ4n) is 3.68. The summed E-state index contributed by atoms with van der Waals surface area (Å²) < 4.78 is 5.28. The molecule has 2 N–H and O–H groups in total. The number of rotatable bonds is 10. The number of nitrogens with zero attached hydrogens (tertiary/aromatic N) is 2. The van der Waals surface area contributed by atoms with E-state index in [0.29, 0.717) is 5.69 Å². The monoisotopic (exact) mass is 548 g/mol. The molecule has 10 nitrogen and oxygen atoms in total. The summed E-state index contributed by atoms with van der Waals surface area (Å²) in [5, 5.41) is 18.2. The van der Waals surface area contributed by atoms with E-state index in [4.69, 9.17) is 4.74 Å². The van der Waals surface area contributed by atoms with Gasteiger partial charge in [0.2, 0.25) is 11.7 Å². The first-order chi connectivity index (χ1) is 19.9. The molecular formula is C31H24N4O6. The molecule has 0 radical (unpaired) electrons. The van der Waals surface area contributed by atoms with Crippen molar-refractivity contribution < 1.29 is 24.0 Å². The van der Waals surface area contributed by atoms with Crippen molar-refractivity contribution in [2.75, 3.05) is 5.32 Å². The molecule has 4 rings (SSSR count). The van der Waals surface area contributed by atoms with Crippen molar-refractivity contribution in [3.63, 3.8) is 0 Å². The molecule has 0 aliphatic heterocycles. The summed E-state index contributed by atoms with van der Waals surface area (Å²) in [4.78, 5) is 48.1. The Kier molecular flexibility index (Phi) is 9.44. The van der Waals surface area contributed by atoms with Crippen LogP contribution in [0.1, 0.15) is 27.0 Å². The molecule has 0 saturated heterocycles. The number of benzene rings is 4. The summed E-state index contributed by atoms with van der Waals surface area (Å²) >= 11 is 0. The number of amides is 2. The number of nitro benzene ring substituents is 1. The molecule has 0 aromatic heterocycles. The van der Waals surface area contributed by atoms with Crippen molar-refractivity contribution in [3.05, 3.63) is 142 Å². The molecule has 204 valence electrons. The van der Waals surface area contributed by atoms with Gasteiger partial charge in [-0.1, -0.05) is 66.7 Å². The second kappa shape index (κ2) is 13.8. The maximum atomic E-state index is 12.6. The van der Waals surface area contributed by atoms with Gasteiger partial charge in [0.15, 0.2) is 0 Å². The lowest BCUT2D eigenvalue weighted by Crippen LogP contribution is -2.18. The predicted molar refractivity (Wildman–Crippen MR) is 154 cm³/mol. The van der Waals surface area contributed by atoms with Gasteiger partial charge in [0.05, 0.1) is 17.6 Å². The SMILES string of the molecule is O=C(Cc1ccccc1)Nc1ccc(C(=O)N/N=C/c2cccc([N+](=O)[O-])c2OC(=O)/C=C/c2ccccc2)cc1. The van der Waals surface area contributed by atoms with Crippen LogP contribution >= 0.6 is 0 Å². The lowest BCUT2D eigenvalue weighted by atomic mass is 10.1. The van der Waals surface area contributed by atoms with Gasteiger partial charge in [-0.15, -0.1) is 0 Å². The topological polar surface area (TPSA) is 140 Å². The van der Waals surface area contributed by atoms with E-state index in [1.54, 1.807) is 36.4 Å². The lowest BCUT2D eigenvalue weighted by Gasteiger charge is -2.07. The molecule has 4 aromatic carbocycles. The van der Waals surface area contributed by atoms with E-state index in [-0.39, 0.29) is 29.2 Å². The van der Waals surface area contributed by atoms with Crippen LogP contribution in [-0.2, 0) is 16.0 Å². The van der Waals surface area contributed by atoms with E-state index in [0.717, 1.165) is 23.4 Å². The van der Waals surface area contributed by atoms with Crippen molar-refractivity contribution in [2.24, 2.45) is 5.10 Å². The maximum absolute atomic E-state index is 12.6. The van der Waals surface area contributed by atoms with Crippen LogP contribution < -0.4 is 15.5 Å². The Hall–Kier alpha value is -5.90. The number of esters is 1. The van der Waals surface area contributed by atoms with Crippen LogP contribution in [0.15, 0.2) is 114 Å². The quantitative estimate of drug-likeness (QED) is 0.0701. The van der Waals surface area contributed by atoms with Gasteiger partial charge in [-0.2, -0.15) is 5.10 Å². The normalized spacial score (nSPS) is 10.8. The second-order valence-corrected chi connectivity index (χ2v) is 8.60. The summed E-state index contributed by atoms with van der Waals surface area (Å²) in [5.74, 6) is -1.88. The summed E-state index contributed by atoms with van der Waals surface area (Å²) in [7, 11) is 0. The highest BCUT2D eigenvalue weighted by atomic mass is 16.6. The minimum Gasteiger partial charge on any atom is -0.415 e. The van der Waals surface area contributed by atoms with Crippen LogP contribution in [0.25, 0.3) is 6.08 Å². The van der Waals surface area contributed by atoms with Crippen molar-refractivity contribution in [1.82, 2.24) is 5.43 Å². The molecule has 0 saturated carbocycles. The van der Waals surface area contributed by atoms with E-state index < -0.39 is 22.5 Å². The van der Waals surface area contributed by atoms with Gasteiger partial charge < -0.3 is 10.1 Å². The zero-order valence-corrected chi connectivity index (χ0v) is 21.6. The highest BCUT2D eigenvalue weighted by Crippen LogP contribution is 2.30. The van der Waals surface area contributed by atoms with Crippen LogP contribution in [0.3, 0.4) is 0 Å². The molecule has 0 aliphatic carbocycles. The molecule has 0 heterocycles. The van der Waals surface area contributed by atoms with Crippen LogP contribution in [0.5, 0.6) is 5.75 Å². The summed E-state index contributed by atoms with van der Waals surface area (Å²) in [6.07, 6.45) is 4.04. The third kappa shape index (κ3) is 8.29. The summed E-state index contributed by atoms with van der Waals surface area (Å²) in [5.41, 5.74) is 4.42. The van der Waals surface area contributed by atoms with Crippen molar-refractivity contribution in [1.29, 1.82) is 0 Å². The number of hydrogen-bond acceptors (Lipinski definition) is 7. The van der Waals surface area contributed by atoms with Gasteiger partial charge >= 0.3 is 11.7 Å². The minimum absolute atomic E-state index is 0.109. The average molecular weight is 549 g/mol. The van der Waals surface area contributed by atoms with E-state index in [1.165, 1.54) is 36.4 Å². The van der Waals surface area contributed by atoms with Gasteiger partial charge in [0.25, 0.3) is 5.91 Å².